The van der Waals surface area contributed by atoms with Crippen LogP contribution in [0.25, 0.3) is 0 Å². The lowest BCUT2D eigenvalue weighted by Crippen LogP contribution is -2.38. The van der Waals surface area contributed by atoms with Crippen LogP contribution in [0.15, 0.2) is 0 Å². The molecule has 0 radical (unpaired) electrons. The molecule has 0 fully saturated rings. The molecule has 0 saturated heterocycles. The maximum absolute atomic E-state index is 8.58. The molecular weight excluding hydrogens is 162 g/mol. The van der Waals surface area contributed by atoms with Gasteiger partial charge in [-0.1, -0.05) is 13.3 Å². The summed E-state index contributed by atoms with van der Waals surface area (Å²) in [5.74, 6) is 0. The first-order valence-corrected chi connectivity index (χ1v) is 5.99. The number of hydrogen-bond donors (Lipinski definition) is 4. The molecule has 11 heavy (non-hydrogen) atoms. The second-order valence-corrected chi connectivity index (χ2v) is 4.68. The summed E-state index contributed by atoms with van der Waals surface area (Å²) in [6.07, 6.45) is 2.20. The van der Waals surface area contributed by atoms with E-state index in [1.807, 2.05) is 0 Å². The third kappa shape index (κ3) is 10.1. The third-order valence-electron chi connectivity index (χ3n) is 1.34. The largest absolute Gasteiger partial charge is 0.494 e. The van der Waals surface area contributed by atoms with Crippen molar-refractivity contribution in [3.63, 3.8) is 0 Å². The standard InChI is InChI=1S/C6H17NO3Si/c1-2-3-4-7-5-6-11(8,9)10/h7-10H,2-6H2,1H3. The van der Waals surface area contributed by atoms with Gasteiger partial charge in [-0.2, -0.15) is 0 Å². The summed E-state index contributed by atoms with van der Waals surface area (Å²) in [5, 5.41) is 3.00. The molecule has 68 valence electrons. The monoisotopic (exact) mass is 179 g/mol. The van der Waals surface area contributed by atoms with Crippen molar-refractivity contribution >= 4 is 8.80 Å². The molecule has 4 nitrogen and oxygen atoms in total. The van der Waals surface area contributed by atoms with Gasteiger partial charge in [-0.25, -0.2) is 0 Å². The fraction of sp³-hybridized carbons (Fsp3) is 1.00. The molecule has 5 heteroatoms. The molecule has 0 atom stereocenters. The summed E-state index contributed by atoms with van der Waals surface area (Å²) in [5.41, 5.74) is 0. The van der Waals surface area contributed by atoms with Gasteiger partial charge in [0.15, 0.2) is 0 Å². The van der Waals surface area contributed by atoms with Gasteiger partial charge in [0.2, 0.25) is 0 Å². The molecule has 0 unspecified atom stereocenters. The van der Waals surface area contributed by atoms with Crippen LogP contribution in [-0.4, -0.2) is 36.3 Å². The summed E-state index contributed by atoms with van der Waals surface area (Å²) < 4.78 is 0. The summed E-state index contributed by atoms with van der Waals surface area (Å²) in [6.45, 7) is 3.45. The van der Waals surface area contributed by atoms with Gasteiger partial charge in [0.05, 0.1) is 0 Å². The second-order valence-electron chi connectivity index (χ2n) is 2.63. The molecule has 0 heterocycles. The van der Waals surface area contributed by atoms with Gasteiger partial charge >= 0.3 is 8.80 Å². The fourth-order valence-corrected chi connectivity index (χ4v) is 1.20. The van der Waals surface area contributed by atoms with E-state index in [4.69, 9.17) is 14.4 Å². The van der Waals surface area contributed by atoms with Crippen LogP contribution >= 0.6 is 0 Å². The number of unbranched alkanes of at least 4 members (excludes halogenated alkanes) is 1. The molecule has 0 spiro atoms. The smallest absolute Gasteiger partial charge is 0.390 e. The Labute approximate surface area is 68.2 Å². The highest BCUT2D eigenvalue weighted by molar-refractivity contribution is 6.56. The lowest BCUT2D eigenvalue weighted by atomic mass is 10.3. The molecule has 0 saturated carbocycles. The maximum Gasteiger partial charge on any atom is 0.494 e. The first-order valence-electron chi connectivity index (χ1n) is 3.94. The Morgan fingerprint density at radius 1 is 1.18 bits per heavy atom. The fourth-order valence-electron chi connectivity index (χ4n) is 0.683. The molecule has 0 aromatic rings. The minimum atomic E-state index is -3.78. The molecule has 0 aromatic carbocycles. The van der Waals surface area contributed by atoms with Crippen molar-refractivity contribution in [2.24, 2.45) is 0 Å². The lowest BCUT2D eigenvalue weighted by molar-refractivity contribution is 0.227. The van der Waals surface area contributed by atoms with Crippen LogP contribution in [-0.2, 0) is 0 Å². The molecule has 0 aliphatic carbocycles. The zero-order chi connectivity index (χ0) is 8.74. The Kier molecular flexibility index (Phi) is 5.70. The van der Waals surface area contributed by atoms with E-state index in [0.29, 0.717) is 6.54 Å². The van der Waals surface area contributed by atoms with E-state index in [1.165, 1.54) is 0 Å². The van der Waals surface area contributed by atoms with E-state index in [1.54, 1.807) is 0 Å². The average Bonchev–Trinajstić information content (AvgIpc) is 1.85. The van der Waals surface area contributed by atoms with Gasteiger partial charge in [-0.05, 0) is 19.5 Å². The third-order valence-corrected chi connectivity index (χ3v) is 2.27. The highest BCUT2D eigenvalue weighted by Gasteiger charge is 2.25. The van der Waals surface area contributed by atoms with E-state index in [9.17, 15) is 0 Å². The van der Waals surface area contributed by atoms with E-state index < -0.39 is 8.80 Å². The van der Waals surface area contributed by atoms with Gasteiger partial charge in [0.25, 0.3) is 0 Å². The van der Waals surface area contributed by atoms with Crippen molar-refractivity contribution in [1.82, 2.24) is 5.32 Å². The minimum Gasteiger partial charge on any atom is -0.390 e. The molecule has 0 aliphatic rings. The van der Waals surface area contributed by atoms with Crippen molar-refractivity contribution in [2.75, 3.05) is 13.1 Å². The van der Waals surface area contributed by atoms with Crippen LogP contribution in [0.1, 0.15) is 19.8 Å². The Morgan fingerprint density at radius 2 is 1.82 bits per heavy atom. The number of nitrogens with one attached hydrogen (secondary N) is 1. The molecule has 0 rings (SSSR count). The van der Waals surface area contributed by atoms with Crippen molar-refractivity contribution in [2.45, 2.75) is 25.8 Å². The number of rotatable bonds is 6. The van der Waals surface area contributed by atoms with E-state index in [0.717, 1.165) is 19.4 Å². The SMILES string of the molecule is CCCCNCC[Si](O)(O)O. The van der Waals surface area contributed by atoms with Gasteiger partial charge in [0.1, 0.15) is 0 Å². The van der Waals surface area contributed by atoms with Crippen LogP contribution in [0.3, 0.4) is 0 Å². The normalized spacial score (nSPS) is 12.0. The summed E-state index contributed by atoms with van der Waals surface area (Å²) in [4.78, 5) is 25.8. The van der Waals surface area contributed by atoms with Crippen LogP contribution in [0, 0.1) is 0 Å². The first-order chi connectivity index (χ1) is 5.06. The minimum absolute atomic E-state index is 0.0801. The van der Waals surface area contributed by atoms with Crippen molar-refractivity contribution < 1.29 is 14.4 Å². The predicted molar refractivity (Wildman–Crippen MR) is 45.0 cm³/mol. The predicted octanol–water partition coefficient (Wildman–Crippen LogP) is -0.708. The lowest BCUT2D eigenvalue weighted by Gasteiger charge is -2.09. The van der Waals surface area contributed by atoms with Crippen LogP contribution in [0.2, 0.25) is 6.04 Å². The van der Waals surface area contributed by atoms with Gasteiger partial charge < -0.3 is 19.7 Å². The van der Waals surface area contributed by atoms with Gasteiger partial charge in [-0.15, -0.1) is 0 Å². The van der Waals surface area contributed by atoms with Crippen LogP contribution in [0.4, 0.5) is 0 Å². The second kappa shape index (κ2) is 5.67. The topological polar surface area (TPSA) is 72.7 Å². The maximum atomic E-state index is 8.58. The van der Waals surface area contributed by atoms with Crippen LogP contribution < -0.4 is 5.32 Å². The summed E-state index contributed by atoms with van der Waals surface area (Å²) >= 11 is 0. The molecular formula is C6H17NO3Si. The van der Waals surface area contributed by atoms with Crippen LogP contribution in [0.5, 0.6) is 0 Å². The Morgan fingerprint density at radius 3 is 2.27 bits per heavy atom. The summed E-state index contributed by atoms with van der Waals surface area (Å²) in [7, 11) is -3.78. The molecule has 0 bridgehead atoms. The highest BCUT2D eigenvalue weighted by Crippen LogP contribution is 1.93. The van der Waals surface area contributed by atoms with Gasteiger partial charge in [-0.3, -0.25) is 0 Å². The number of hydrogen-bond acceptors (Lipinski definition) is 4. The average molecular weight is 179 g/mol. The van der Waals surface area contributed by atoms with E-state index in [2.05, 4.69) is 12.2 Å². The molecule has 0 amide bonds. The molecule has 0 aliphatic heterocycles. The zero-order valence-electron chi connectivity index (χ0n) is 6.88. The Hall–Kier alpha value is 0.0569. The highest BCUT2D eigenvalue weighted by atomic mass is 28.4. The molecule has 0 aromatic heterocycles. The Bertz CT molecular complexity index is 94.3. The van der Waals surface area contributed by atoms with Crippen molar-refractivity contribution in [3.05, 3.63) is 0 Å². The van der Waals surface area contributed by atoms with Gasteiger partial charge in [0, 0.05) is 6.04 Å². The van der Waals surface area contributed by atoms with Crippen molar-refractivity contribution in [3.8, 4) is 0 Å². The molecule has 4 N–H and O–H groups in total. The van der Waals surface area contributed by atoms with E-state index >= 15 is 0 Å². The van der Waals surface area contributed by atoms with Crippen molar-refractivity contribution in [1.29, 1.82) is 0 Å². The zero-order valence-corrected chi connectivity index (χ0v) is 7.88. The summed E-state index contributed by atoms with van der Waals surface area (Å²) in [6, 6.07) is 0.0801. The Balaban J connectivity index is 3.02. The quantitative estimate of drug-likeness (QED) is 0.321. The van der Waals surface area contributed by atoms with E-state index in [-0.39, 0.29) is 6.04 Å². The first kappa shape index (κ1) is 11.1.